The van der Waals surface area contributed by atoms with Crippen LogP contribution < -0.4 is 5.32 Å². The van der Waals surface area contributed by atoms with Gasteiger partial charge >= 0.3 is 0 Å². The number of nitrogens with one attached hydrogen (secondary N) is 2. The number of H-pyrrole nitrogens is 1. The van der Waals surface area contributed by atoms with E-state index in [0.717, 1.165) is 21.7 Å². The Morgan fingerprint density at radius 3 is 2.91 bits per heavy atom. The molecule has 0 aliphatic carbocycles. The van der Waals surface area contributed by atoms with Crippen molar-refractivity contribution in [3.63, 3.8) is 0 Å². The molecule has 0 saturated heterocycles. The highest BCUT2D eigenvalue weighted by atomic mass is 32.1. The zero-order chi connectivity index (χ0) is 16.2. The summed E-state index contributed by atoms with van der Waals surface area (Å²) in [5.74, 6) is -0.0446. The van der Waals surface area contributed by atoms with Gasteiger partial charge in [0.15, 0.2) is 5.78 Å². The van der Waals surface area contributed by atoms with Crippen molar-refractivity contribution in [3.05, 3.63) is 51.2 Å². The Hall–Kier alpha value is -2.25. The Balaban J connectivity index is 1.59. The topological polar surface area (TPSA) is 74.8 Å². The lowest BCUT2D eigenvalue weighted by atomic mass is 10.2. The number of Topliss-reactive ketones (excluding diaryl/α,β-unsaturated/α-hetero) is 1. The fraction of sp³-hybridized carbons (Fsp3) is 0.188. The maximum Gasteiger partial charge on any atom is 0.224 e. The quantitative estimate of drug-likeness (QED) is 0.673. The number of aromatic amines is 1. The van der Waals surface area contributed by atoms with Gasteiger partial charge in [-0.05, 0) is 35.4 Å². The summed E-state index contributed by atoms with van der Waals surface area (Å²) in [5, 5.41) is 13.8. The van der Waals surface area contributed by atoms with Gasteiger partial charge < -0.3 is 5.32 Å². The summed E-state index contributed by atoms with van der Waals surface area (Å²) in [6, 6.07) is 5.77. The Labute approximate surface area is 141 Å². The highest BCUT2D eigenvalue weighted by Crippen LogP contribution is 2.25. The molecule has 0 radical (unpaired) electrons. The third-order valence-electron chi connectivity index (χ3n) is 3.33. The van der Waals surface area contributed by atoms with Crippen LogP contribution in [0.2, 0.25) is 0 Å². The number of carbonyl (C=O) groups excluding carboxylic acids is 2. The van der Waals surface area contributed by atoms with E-state index >= 15 is 0 Å². The Kier molecular flexibility index (Phi) is 4.68. The number of carbonyl (C=O) groups is 2. The van der Waals surface area contributed by atoms with E-state index in [-0.39, 0.29) is 18.1 Å². The van der Waals surface area contributed by atoms with Crippen LogP contribution in [0.3, 0.4) is 0 Å². The van der Waals surface area contributed by atoms with E-state index in [0.29, 0.717) is 11.4 Å². The molecule has 0 unspecified atom stereocenters. The SMILES string of the molecule is CC(=O)c1cc(CC(=O)NCc2cn[nH]c2-c2cccs2)cs1. The fourth-order valence-corrected chi connectivity index (χ4v) is 3.74. The summed E-state index contributed by atoms with van der Waals surface area (Å²) < 4.78 is 0. The number of hydrogen-bond acceptors (Lipinski definition) is 5. The van der Waals surface area contributed by atoms with E-state index in [4.69, 9.17) is 0 Å². The van der Waals surface area contributed by atoms with Gasteiger partial charge in [-0.3, -0.25) is 14.7 Å². The molecule has 3 rings (SSSR count). The molecule has 3 aromatic heterocycles. The molecular weight excluding hydrogens is 330 g/mol. The maximum absolute atomic E-state index is 12.1. The molecule has 0 bridgehead atoms. The summed E-state index contributed by atoms with van der Waals surface area (Å²) in [5.41, 5.74) is 2.76. The van der Waals surface area contributed by atoms with Crippen LogP contribution in [0.25, 0.3) is 10.6 Å². The van der Waals surface area contributed by atoms with Crippen LogP contribution >= 0.6 is 22.7 Å². The van der Waals surface area contributed by atoms with E-state index in [2.05, 4.69) is 15.5 Å². The first-order valence-corrected chi connectivity index (χ1v) is 8.80. The average Bonchev–Trinajstić information content (AvgIpc) is 3.25. The summed E-state index contributed by atoms with van der Waals surface area (Å²) in [6.45, 7) is 1.95. The molecule has 23 heavy (non-hydrogen) atoms. The number of ketones is 1. The Morgan fingerprint density at radius 1 is 1.35 bits per heavy atom. The highest BCUT2D eigenvalue weighted by molar-refractivity contribution is 7.13. The van der Waals surface area contributed by atoms with Gasteiger partial charge in [0, 0.05) is 12.1 Å². The molecule has 118 valence electrons. The van der Waals surface area contributed by atoms with Gasteiger partial charge in [0.25, 0.3) is 0 Å². The van der Waals surface area contributed by atoms with Gasteiger partial charge in [-0.1, -0.05) is 6.07 Å². The van der Waals surface area contributed by atoms with Crippen molar-refractivity contribution in [2.24, 2.45) is 0 Å². The third-order valence-corrected chi connectivity index (χ3v) is 5.29. The first kappa shape index (κ1) is 15.6. The smallest absolute Gasteiger partial charge is 0.224 e. The first-order valence-electron chi connectivity index (χ1n) is 7.04. The van der Waals surface area contributed by atoms with Crippen molar-refractivity contribution in [3.8, 4) is 10.6 Å². The van der Waals surface area contributed by atoms with Gasteiger partial charge in [-0.15, -0.1) is 22.7 Å². The van der Waals surface area contributed by atoms with Crippen LogP contribution in [0, 0.1) is 0 Å². The van der Waals surface area contributed by atoms with Crippen molar-refractivity contribution < 1.29 is 9.59 Å². The van der Waals surface area contributed by atoms with Gasteiger partial charge in [0.2, 0.25) is 5.91 Å². The minimum atomic E-state index is -0.0729. The highest BCUT2D eigenvalue weighted by Gasteiger charge is 2.11. The molecule has 5 nitrogen and oxygen atoms in total. The van der Waals surface area contributed by atoms with E-state index in [1.807, 2.05) is 22.9 Å². The standard InChI is InChI=1S/C16H15N3O2S2/c1-10(20)14-5-11(9-23-14)6-15(21)17-7-12-8-18-19-16(12)13-3-2-4-22-13/h2-5,8-9H,6-7H2,1H3,(H,17,21)(H,18,19). The second kappa shape index (κ2) is 6.89. The summed E-state index contributed by atoms with van der Waals surface area (Å²) >= 11 is 3.00. The molecule has 3 aromatic rings. The summed E-state index contributed by atoms with van der Waals surface area (Å²) in [7, 11) is 0. The first-order chi connectivity index (χ1) is 11.1. The predicted molar refractivity (Wildman–Crippen MR) is 91.8 cm³/mol. The van der Waals surface area contributed by atoms with Gasteiger partial charge in [0.1, 0.15) is 0 Å². The third kappa shape index (κ3) is 3.75. The molecule has 1 amide bonds. The fourth-order valence-electron chi connectivity index (χ4n) is 2.17. The monoisotopic (exact) mass is 345 g/mol. The Morgan fingerprint density at radius 2 is 2.22 bits per heavy atom. The van der Waals surface area contributed by atoms with Gasteiger partial charge in [-0.2, -0.15) is 5.10 Å². The molecule has 0 fully saturated rings. The molecule has 2 N–H and O–H groups in total. The second-order valence-corrected chi connectivity index (χ2v) is 6.94. The summed E-state index contributed by atoms with van der Waals surface area (Å²) in [6.07, 6.45) is 2.00. The number of nitrogens with zero attached hydrogens (tertiary/aromatic N) is 1. The molecule has 0 spiro atoms. The average molecular weight is 345 g/mol. The largest absolute Gasteiger partial charge is 0.352 e. The van der Waals surface area contributed by atoms with Crippen molar-refractivity contribution in [1.82, 2.24) is 15.5 Å². The van der Waals surface area contributed by atoms with Crippen molar-refractivity contribution in [1.29, 1.82) is 0 Å². The maximum atomic E-state index is 12.1. The van der Waals surface area contributed by atoms with E-state index < -0.39 is 0 Å². The minimum absolute atomic E-state index is 0.0284. The molecule has 0 saturated carbocycles. The van der Waals surface area contributed by atoms with Crippen LogP contribution in [0.15, 0.2) is 35.2 Å². The lowest BCUT2D eigenvalue weighted by Crippen LogP contribution is -2.24. The molecule has 3 heterocycles. The van der Waals surface area contributed by atoms with Crippen LogP contribution in [0.1, 0.15) is 27.7 Å². The van der Waals surface area contributed by atoms with E-state index in [9.17, 15) is 9.59 Å². The van der Waals surface area contributed by atoms with Crippen LogP contribution in [-0.4, -0.2) is 21.9 Å². The lowest BCUT2D eigenvalue weighted by Gasteiger charge is -2.04. The molecule has 7 heteroatoms. The molecule has 0 aromatic carbocycles. The van der Waals surface area contributed by atoms with Crippen molar-refractivity contribution in [2.75, 3.05) is 0 Å². The molecule has 0 aliphatic heterocycles. The second-order valence-electron chi connectivity index (χ2n) is 5.08. The van der Waals surface area contributed by atoms with E-state index in [1.165, 1.54) is 18.3 Å². The number of amides is 1. The Bertz CT molecular complexity index is 818. The van der Waals surface area contributed by atoms with Gasteiger partial charge in [-0.25, -0.2) is 0 Å². The zero-order valence-corrected chi connectivity index (χ0v) is 14.1. The van der Waals surface area contributed by atoms with Crippen LogP contribution in [0.5, 0.6) is 0 Å². The van der Waals surface area contributed by atoms with E-state index in [1.54, 1.807) is 23.6 Å². The predicted octanol–water partition coefficient (Wildman–Crippen LogP) is 3.26. The number of rotatable bonds is 6. The number of aromatic nitrogens is 2. The van der Waals surface area contributed by atoms with Crippen molar-refractivity contribution >= 4 is 34.4 Å². The van der Waals surface area contributed by atoms with Gasteiger partial charge in [0.05, 0.1) is 28.1 Å². The molecule has 0 atom stereocenters. The van der Waals surface area contributed by atoms with Crippen LogP contribution in [0.4, 0.5) is 0 Å². The normalized spacial score (nSPS) is 10.7. The van der Waals surface area contributed by atoms with Crippen LogP contribution in [-0.2, 0) is 17.8 Å². The minimum Gasteiger partial charge on any atom is -0.352 e. The summed E-state index contributed by atoms with van der Waals surface area (Å²) in [4.78, 5) is 25.1. The number of thiophene rings is 2. The number of hydrogen-bond donors (Lipinski definition) is 2. The zero-order valence-electron chi connectivity index (χ0n) is 12.5. The lowest BCUT2D eigenvalue weighted by molar-refractivity contribution is -0.120. The van der Waals surface area contributed by atoms with Crippen molar-refractivity contribution in [2.45, 2.75) is 19.9 Å². The molecule has 0 aliphatic rings. The molecular formula is C16H15N3O2S2.